The smallest absolute Gasteiger partial charge is 0.153 e. The van der Waals surface area contributed by atoms with E-state index in [1.807, 2.05) is 13.1 Å². The number of benzene rings is 1. The minimum absolute atomic E-state index is 0.575. The maximum Gasteiger partial charge on any atom is 0.153 e. The molecule has 21 heavy (non-hydrogen) atoms. The van der Waals surface area contributed by atoms with Gasteiger partial charge < -0.3 is 0 Å². The van der Waals surface area contributed by atoms with Crippen LogP contribution < -0.4 is 0 Å². The van der Waals surface area contributed by atoms with Crippen LogP contribution in [-0.4, -0.2) is 25.8 Å². The summed E-state index contributed by atoms with van der Waals surface area (Å²) in [5, 5.41) is 8.65. The van der Waals surface area contributed by atoms with E-state index in [1.165, 1.54) is 5.56 Å². The van der Waals surface area contributed by atoms with Crippen molar-refractivity contribution in [2.24, 2.45) is 7.05 Å². The lowest BCUT2D eigenvalue weighted by Crippen LogP contribution is -2.01. The van der Waals surface area contributed by atoms with Crippen LogP contribution >= 0.6 is 0 Å². The number of aryl methyl sites for hydroxylation is 2. The molecule has 0 spiro atoms. The van der Waals surface area contributed by atoms with Crippen LogP contribution in [0.25, 0.3) is 11.4 Å². The second kappa shape index (κ2) is 5.36. The third kappa shape index (κ3) is 2.63. The lowest BCUT2D eigenvalue weighted by molar-refractivity contribution is 0.112. The summed E-state index contributed by atoms with van der Waals surface area (Å²) in [4.78, 5) is 11.3. The molecule has 0 saturated heterocycles. The molecule has 0 aliphatic rings. The number of hydrogen-bond donors (Lipinski definition) is 0. The standard InChI is InChI=1S/C16H16N4O/c1-12-3-5-13(6-4-12)9-20-10-14(11-21)16(18-20)15-7-8-17-19(15)2/h3-8,10-11H,9H2,1-2H3. The van der Waals surface area contributed by atoms with Crippen LogP contribution in [0.3, 0.4) is 0 Å². The summed E-state index contributed by atoms with van der Waals surface area (Å²) < 4.78 is 3.50. The molecule has 0 aliphatic heterocycles. The Morgan fingerprint density at radius 2 is 1.95 bits per heavy atom. The Morgan fingerprint density at radius 3 is 2.57 bits per heavy atom. The summed E-state index contributed by atoms with van der Waals surface area (Å²) in [7, 11) is 1.84. The SMILES string of the molecule is Cc1ccc(Cn2cc(C=O)c(-c3ccnn3C)n2)cc1. The monoisotopic (exact) mass is 280 g/mol. The second-order valence-corrected chi connectivity index (χ2v) is 5.07. The summed E-state index contributed by atoms with van der Waals surface area (Å²) in [5.74, 6) is 0. The van der Waals surface area contributed by atoms with Crippen LogP contribution in [0.4, 0.5) is 0 Å². The Balaban J connectivity index is 1.94. The average Bonchev–Trinajstić information content (AvgIpc) is 3.07. The summed E-state index contributed by atoms with van der Waals surface area (Å²) in [5.41, 5.74) is 4.45. The van der Waals surface area contributed by atoms with Crippen LogP contribution in [0, 0.1) is 6.92 Å². The topological polar surface area (TPSA) is 52.7 Å². The number of aromatic nitrogens is 4. The Hall–Kier alpha value is -2.69. The highest BCUT2D eigenvalue weighted by atomic mass is 16.1. The molecule has 0 fully saturated rings. The summed E-state index contributed by atoms with van der Waals surface area (Å²) in [6, 6.07) is 10.1. The molecule has 0 bridgehead atoms. The van der Waals surface area contributed by atoms with Gasteiger partial charge in [-0.05, 0) is 18.6 Å². The van der Waals surface area contributed by atoms with E-state index >= 15 is 0 Å². The maximum atomic E-state index is 11.3. The molecular formula is C16H16N4O. The third-order valence-corrected chi connectivity index (χ3v) is 3.45. The van der Waals surface area contributed by atoms with Crippen molar-refractivity contribution in [1.29, 1.82) is 0 Å². The number of nitrogens with zero attached hydrogens (tertiary/aromatic N) is 4. The zero-order valence-electron chi connectivity index (χ0n) is 12.0. The summed E-state index contributed by atoms with van der Waals surface area (Å²) >= 11 is 0. The normalized spacial score (nSPS) is 10.8. The number of carbonyl (C=O) groups excluding carboxylic acids is 1. The van der Waals surface area contributed by atoms with Gasteiger partial charge in [0.2, 0.25) is 0 Å². The van der Waals surface area contributed by atoms with Gasteiger partial charge in [0.1, 0.15) is 5.69 Å². The van der Waals surface area contributed by atoms with Gasteiger partial charge in [-0.2, -0.15) is 10.2 Å². The molecular weight excluding hydrogens is 264 g/mol. The molecule has 0 N–H and O–H groups in total. The van der Waals surface area contributed by atoms with Gasteiger partial charge in [-0.15, -0.1) is 0 Å². The second-order valence-electron chi connectivity index (χ2n) is 5.07. The fraction of sp³-hybridized carbons (Fsp3) is 0.188. The summed E-state index contributed by atoms with van der Waals surface area (Å²) in [6.45, 7) is 2.70. The first-order chi connectivity index (χ1) is 10.2. The Labute approximate surface area is 122 Å². The molecule has 2 aromatic heterocycles. The molecule has 5 nitrogen and oxygen atoms in total. The first-order valence-electron chi connectivity index (χ1n) is 6.74. The number of aldehydes is 1. The fourth-order valence-corrected chi connectivity index (χ4v) is 2.29. The van der Waals surface area contributed by atoms with Gasteiger partial charge >= 0.3 is 0 Å². The van der Waals surface area contributed by atoms with Gasteiger partial charge in [-0.1, -0.05) is 29.8 Å². The van der Waals surface area contributed by atoms with E-state index in [9.17, 15) is 4.79 Å². The molecule has 0 unspecified atom stereocenters. The Kier molecular flexibility index (Phi) is 3.39. The van der Waals surface area contributed by atoms with E-state index in [0.29, 0.717) is 17.8 Å². The van der Waals surface area contributed by atoms with Crippen LogP contribution in [0.5, 0.6) is 0 Å². The third-order valence-electron chi connectivity index (χ3n) is 3.45. The van der Waals surface area contributed by atoms with E-state index in [4.69, 9.17) is 0 Å². The lowest BCUT2D eigenvalue weighted by atomic mass is 10.1. The van der Waals surface area contributed by atoms with E-state index < -0.39 is 0 Å². The van der Waals surface area contributed by atoms with Crippen LogP contribution in [0.1, 0.15) is 21.5 Å². The fourth-order valence-electron chi connectivity index (χ4n) is 2.29. The molecule has 3 aromatic rings. The quantitative estimate of drug-likeness (QED) is 0.690. The molecule has 0 amide bonds. The van der Waals surface area contributed by atoms with Gasteiger partial charge in [-0.25, -0.2) is 0 Å². The van der Waals surface area contributed by atoms with Gasteiger partial charge in [0, 0.05) is 19.4 Å². The first-order valence-corrected chi connectivity index (χ1v) is 6.74. The van der Waals surface area contributed by atoms with Gasteiger partial charge in [0.15, 0.2) is 6.29 Å². The largest absolute Gasteiger partial charge is 0.298 e. The van der Waals surface area contributed by atoms with Crippen molar-refractivity contribution in [3.05, 3.63) is 59.4 Å². The predicted molar refractivity (Wildman–Crippen MR) is 80.1 cm³/mol. The number of carbonyl (C=O) groups is 1. The minimum Gasteiger partial charge on any atom is -0.298 e. The average molecular weight is 280 g/mol. The molecule has 3 rings (SSSR count). The van der Waals surface area contributed by atoms with Gasteiger partial charge in [0.25, 0.3) is 0 Å². The molecule has 1 aromatic carbocycles. The number of rotatable bonds is 4. The van der Waals surface area contributed by atoms with Crippen molar-refractivity contribution >= 4 is 6.29 Å². The highest BCUT2D eigenvalue weighted by Gasteiger charge is 2.13. The summed E-state index contributed by atoms with van der Waals surface area (Å²) in [6.07, 6.45) is 4.30. The molecule has 0 aliphatic carbocycles. The van der Waals surface area contributed by atoms with Gasteiger partial charge in [-0.3, -0.25) is 14.2 Å². The first kappa shape index (κ1) is 13.3. The molecule has 0 radical (unpaired) electrons. The van der Waals surface area contributed by atoms with Gasteiger partial charge in [0.05, 0.1) is 17.8 Å². The van der Waals surface area contributed by atoms with Crippen LogP contribution in [-0.2, 0) is 13.6 Å². The van der Waals surface area contributed by atoms with Crippen molar-refractivity contribution < 1.29 is 4.79 Å². The molecule has 0 saturated carbocycles. The minimum atomic E-state index is 0.575. The maximum absolute atomic E-state index is 11.3. The zero-order chi connectivity index (χ0) is 14.8. The Bertz CT molecular complexity index is 768. The van der Waals surface area contributed by atoms with Crippen molar-refractivity contribution in [3.63, 3.8) is 0 Å². The highest BCUT2D eigenvalue weighted by Crippen LogP contribution is 2.20. The van der Waals surface area contributed by atoms with Crippen molar-refractivity contribution in [3.8, 4) is 11.4 Å². The molecule has 5 heteroatoms. The van der Waals surface area contributed by atoms with Crippen molar-refractivity contribution in [1.82, 2.24) is 19.6 Å². The Morgan fingerprint density at radius 1 is 1.19 bits per heavy atom. The van der Waals surface area contributed by atoms with E-state index in [0.717, 1.165) is 17.5 Å². The van der Waals surface area contributed by atoms with Crippen LogP contribution in [0.15, 0.2) is 42.7 Å². The van der Waals surface area contributed by atoms with E-state index in [-0.39, 0.29) is 0 Å². The number of hydrogen-bond acceptors (Lipinski definition) is 3. The van der Waals surface area contributed by atoms with Crippen molar-refractivity contribution in [2.75, 3.05) is 0 Å². The highest BCUT2D eigenvalue weighted by molar-refractivity contribution is 5.84. The predicted octanol–water partition coefficient (Wildman–Crippen LogP) is 2.45. The van der Waals surface area contributed by atoms with Crippen molar-refractivity contribution in [2.45, 2.75) is 13.5 Å². The lowest BCUT2D eigenvalue weighted by Gasteiger charge is -2.02. The molecule has 2 heterocycles. The van der Waals surface area contributed by atoms with Crippen LogP contribution in [0.2, 0.25) is 0 Å². The molecule has 0 atom stereocenters. The van der Waals surface area contributed by atoms with E-state index in [1.54, 1.807) is 21.8 Å². The van der Waals surface area contributed by atoms with E-state index in [2.05, 4.69) is 41.4 Å². The zero-order valence-corrected chi connectivity index (χ0v) is 12.0. The molecule has 106 valence electrons.